The molecule has 0 bridgehead atoms. The standard InChI is InChI=1S/C23H31NO4/c1-2-8-18-9-7-10-19(17-18)21(25)14-12-20-13-15-22(26)24(20)16-6-4-3-5-11-23(27)28/h2,7-10,12,14,17,20-21,25H,3-6,11,13,15-16H2,1H3,(H,27,28)/b8-2-,14-12+/t20?,21-/m1/s1. The average molecular weight is 386 g/mol. The maximum atomic E-state index is 12.2. The number of carbonyl (C=O) groups excluding carboxylic acids is 1. The lowest BCUT2D eigenvalue weighted by Crippen LogP contribution is -2.32. The number of aliphatic carboxylic acids is 1. The zero-order chi connectivity index (χ0) is 20.4. The summed E-state index contributed by atoms with van der Waals surface area (Å²) in [6.45, 7) is 2.65. The molecule has 0 spiro atoms. The van der Waals surface area contributed by atoms with Crippen molar-refractivity contribution in [2.75, 3.05) is 6.54 Å². The Morgan fingerprint density at radius 2 is 2.07 bits per heavy atom. The number of aliphatic hydroxyl groups excluding tert-OH is 1. The van der Waals surface area contributed by atoms with Crippen LogP contribution >= 0.6 is 0 Å². The van der Waals surface area contributed by atoms with Gasteiger partial charge in [0.1, 0.15) is 0 Å². The van der Waals surface area contributed by atoms with Crippen molar-refractivity contribution in [2.45, 2.75) is 64.0 Å². The van der Waals surface area contributed by atoms with Crippen molar-refractivity contribution in [1.29, 1.82) is 0 Å². The van der Waals surface area contributed by atoms with Crippen LogP contribution < -0.4 is 0 Å². The molecular weight excluding hydrogens is 354 g/mol. The topological polar surface area (TPSA) is 77.8 Å². The van der Waals surface area contributed by atoms with Crippen LogP contribution in [0.1, 0.15) is 69.1 Å². The molecule has 1 aliphatic rings. The minimum Gasteiger partial charge on any atom is -0.481 e. The highest BCUT2D eigenvalue weighted by atomic mass is 16.4. The number of allylic oxidation sites excluding steroid dienone is 1. The number of rotatable bonds is 11. The molecule has 5 heteroatoms. The van der Waals surface area contributed by atoms with E-state index in [-0.39, 0.29) is 18.4 Å². The highest BCUT2D eigenvalue weighted by molar-refractivity contribution is 5.79. The summed E-state index contributed by atoms with van der Waals surface area (Å²) in [5, 5.41) is 19.1. The minimum absolute atomic E-state index is 0.0277. The molecular formula is C23H31NO4. The first-order chi connectivity index (χ1) is 13.5. The van der Waals surface area contributed by atoms with Crippen LogP contribution in [0.25, 0.3) is 6.08 Å². The quantitative estimate of drug-likeness (QED) is 0.439. The number of amides is 1. The van der Waals surface area contributed by atoms with E-state index in [1.807, 2.05) is 54.3 Å². The van der Waals surface area contributed by atoms with Crippen LogP contribution in [0.3, 0.4) is 0 Å². The number of benzene rings is 1. The Balaban J connectivity index is 1.86. The monoisotopic (exact) mass is 385 g/mol. The van der Waals surface area contributed by atoms with E-state index in [0.717, 1.165) is 36.8 Å². The average Bonchev–Trinajstić information content (AvgIpc) is 3.02. The van der Waals surface area contributed by atoms with Crippen molar-refractivity contribution in [3.63, 3.8) is 0 Å². The van der Waals surface area contributed by atoms with Crippen molar-refractivity contribution >= 4 is 18.0 Å². The largest absolute Gasteiger partial charge is 0.481 e. The van der Waals surface area contributed by atoms with Gasteiger partial charge >= 0.3 is 5.97 Å². The van der Waals surface area contributed by atoms with Crippen LogP contribution in [-0.2, 0) is 9.59 Å². The summed E-state index contributed by atoms with van der Waals surface area (Å²) < 4.78 is 0. The highest BCUT2D eigenvalue weighted by Crippen LogP contribution is 2.23. The maximum absolute atomic E-state index is 12.2. The number of nitrogens with zero attached hydrogens (tertiary/aromatic N) is 1. The predicted octanol–water partition coefficient (Wildman–Crippen LogP) is 4.34. The van der Waals surface area contributed by atoms with Gasteiger partial charge in [0.25, 0.3) is 0 Å². The summed E-state index contributed by atoms with van der Waals surface area (Å²) >= 11 is 0. The van der Waals surface area contributed by atoms with E-state index < -0.39 is 12.1 Å². The zero-order valence-electron chi connectivity index (χ0n) is 16.6. The normalized spacial score (nSPS) is 18.4. The first-order valence-electron chi connectivity index (χ1n) is 10.1. The third kappa shape index (κ3) is 6.97. The fraction of sp³-hybridized carbons (Fsp3) is 0.478. The maximum Gasteiger partial charge on any atom is 0.303 e. The number of hydrogen-bond acceptors (Lipinski definition) is 3. The van der Waals surface area contributed by atoms with Crippen molar-refractivity contribution in [1.82, 2.24) is 4.90 Å². The van der Waals surface area contributed by atoms with E-state index in [1.54, 1.807) is 6.08 Å². The smallest absolute Gasteiger partial charge is 0.303 e. The summed E-state index contributed by atoms with van der Waals surface area (Å²) in [6.07, 6.45) is 11.9. The number of hydrogen-bond donors (Lipinski definition) is 2. The lowest BCUT2D eigenvalue weighted by Gasteiger charge is -2.22. The van der Waals surface area contributed by atoms with E-state index in [9.17, 15) is 14.7 Å². The van der Waals surface area contributed by atoms with E-state index >= 15 is 0 Å². The second-order valence-corrected chi connectivity index (χ2v) is 7.25. The Kier molecular flexibility index (Phi) is 8.95. The number of unbranched alkanes of at least 4 members (excludes halogenated alkanes) is 3. The summed E-state index contributed by atoms with van der Waals surface area (Å²) in [5.41, 5.74) is 1.88. The molecule has 1 unspecified atom stereocenters. The van der Waals surface area contributed by atoms with Crippen LogP contribution in [0.15, 0.2) is 42.5 Å². The van der Waals surface area contributed by atoms with Crippen LogP contribution in [0.4, 0.5) is 0 Å². The molecule has 0 saturated carbocycles. The Morgan fingerprint density at radius 3 is 2.82 bits per heavy atom. The van der Waals surface area contributed by atoms with Crippen molar-refractivity contribution in [3.05, 3.63) is 53.6 Å². The number of carboxylic acid groups (broad SMARTS) is 1. The molecule has 152 valence electrons. The van der Waals surface area contributed by atoms with Gasteiger partial charge in [-0.25, -0.2) is 0 Å². The second-order valence-electron chi connectivity index (χ2n) is 7.25. The fourth-order valence-electron chi connectivity index (χ4n) is 3.54. The molecule has 1 fully saturated rings. The van der Waals surface area contributed by atoms with Crippen LogP contribution in [0.2, 0.25) is 0 Å². The Labute approximate surface area is 167 Å². The van der Waals surface area contributed by atoms with E-state index in [0.29, 0.717) is 19.4 Å². The van der Waals surface area contributed by atoms with Crippen molar-refractivity contribution < 1.29 is 19.8 Å². The Morgan fingerprint density at radius 1 is 1.29 bits per heavy atom. The van der Waals surface area contributed by atoms with E-state index in [4.69, 9.17) is 5.11 Å². The summed E-state index contributed by atoms with van der Waals surface area (Å²) in [4.78, 5) is 24.6. The third-order valence-corrected chi connectivity index (χ3v) is 5.04. The van der Waals surface area contributed by atoms with Gasteiger partial charge in [-0.3, -0.25) is 9.59 Å². The molecule has 1 saturated heterocycles. The number of aliphatic hydroxyl groups is 1. The second kappa shape index (κ2) is 11.4. The van der Waals surface area contributed by atoms with Gasteiger partial charge in [-0.15, -0.1) is 0 Å². The summed E-state index contributed by atoms with van der Waals surface area (Å²) in [5.74, 6) is -0.598. The molecule has 2 rings (SSSR count). The Hall–Kier alpha value is -2.40. The lowest BCUT2D eigenvalue weighted by molar-refractivity contribution is -0.137. The molecule has 2 atom stereocenters. The molecule has 28 heavy (non-hydrogen) atoms. The molecule has 1 aromatic rings. The highest BCUT2D eigenvalue weighted by Gasteiger charge is 2.28. The summed E-state index contributed by atoms with van der Waals surface area (Å²) in [6, 6.07) is 7.81. The first-order valence-corrected chi connectivity index (χ1v) is 10.1. The van der Waals surface area contributed by atoms with Gasteiger partial charge in [0.05, 0.1) is 12.1 Å². The molecule has 2 N–H and O–H groups in total. The van der Waals surface area contributed by atoms with Crippen molar-refractivity contribution in [3.8, 4) is 0 Å². The Bertz CT molecular complexity index is 710. The van der Waals surface area contributed by atoms with Gasteiger partial charge in [0, 0.05) is 19.4 Å². The first kappa shape index (κ1) is 21.9. The van der Waals surface area contributed by atoms with Gasteiger partial charge in [-0.05, 0) is 43.4 Å². The lowest BCUT2D eigenvalue weighted by atomic mass is 10.0. The van der Waals surface area contributed by atoms with Gasteiger partial charge in [0.15, 0.2) is 0 Å². The molecule has 0 aliphatic carbocycles. The number of carbonyl (C=O) groups is 2. The molecule has 1 amide bonds. The number of carboxylic acids is 1. The van der Waals surface area contributed by atoms with Gasteiger partial charge in [-0.1, -0.05) is 55.3 Å². The van der Waals surface area contributed by atoms with Gasteiger partial charge < -0.3 is 15.1 Å². The van der Waals surface area contributed by atoms with E-state index in [2.05, 4.69) is 0 Å². The summed E-state index contributed by atoms with van der Waals surface area (Å²) in [7, 11) is 0. The minimum atomic E-state index is -0.755. The van der Waals surface area contributed by atoms with Crippen LogP contribution in [-0.4, -0.2) is 39.6 Å². The molecule has 1 aromatic carbocycles. The molecule has 0 aromatic heterocycles. The fourth-order valence-corrected chi connectivity index (χ4v) is 3.54. The predicted molar refractivity (Wildman–Crippen MR) is 111 cm³/mol. The SMILES string of the molecule is C/C=C\c1cccc([C@H](O)/C=C/C2CCC(=O)N2CCCCCCC(=O)O)c1. The molecule has 1 heterocycles. The molecule has 0 radical (unpaired) electrons. The van der Waals surface area contributed by atoms with Gasteiger partial charge in [-0.2, -0.15) is 0 Å². The van der Waals surface area contributed by atoms with Crippen molar-refractivity contribution in [2.24, 2.45) is 0 Å². The molecule has 5 nitrogen and oxygen atoms in total. The number of likely N-dealkylation sites (tertiary alicyclic amines) is 1. The van der Waals surface area contributed by atoms with E-state index in [1.165, 1.54) is 0 Å². The molecule has 1 aliphatic heterocycles. The van der Waals surface area contributed by atoms with Gasteiger partial charge in [0.2, 0.25) is 5.91 Å². The van der Waals surface area contributed by atoms with Crippen LogP contribution in [0.5, 0.6) is 0 Å². The zero-order valence-corrected chi connectivity index (χ0v) is 16.6. The van der Waals surface area contributed by atoms with Crippen LogP contribution in [0, 0.1) is 0 Å². The third-order valence-electron chi connectivity index (χ3n) is 5.04.